The summed E-state index contributed by atoms with van der Waals surface area (Å²) >= 11 is 0. The molecule has 0 radical (unpaired) electrons. The van der Waals surface area contributed by atoms with Gasteiger partial charge in [-0.3, -0.25) is 0 Å². The van der Waals surface area contributed by atoms with Crippen molar-refractivity contribution in [1.82, 2.24) is 10.2 Å². The van der Waals surface area contributed by atoms with Crippen molar-refractivity contribution in [1.29, 1.82) is 0 Å². The molecule has 7 nitrogen and oxygen atoms in total. The highest BCUT2D eigenvalue weighted by Gasteiger charge is 2.45. The average Bonchev–Trinajstić information content (AvgIpc) is 2.82. The second kappa shape index (κ2) is 7.61. The molecule has 0 saturated carbocycles. The molecule has 2 atom stereocenters. The van der Waals surface area contributed by atoms with Gasteiger partial charge >= 0.3 is 0 Å². The number of likely N-dealkylation sites (N-methyl/N-ethyl adjacent to an activating group) is 1. The summed E-state index contributed by atoms with van der Waals surface area (Å²) in [5.41, 5.74) is 0.696. The Morgan fingerprint density at radius 1 is 1.28 bits per heavy atom. The van der Waals surface area contributed by atoms with Crippen LogP contribution in [0.2, 0.25) is 0 Å². The lowest BCUT2D eigenvalue weighted by Gasteiger charge is -2.21. The number of ether oxygens (including phenoxy) is 1. The van der Waals surface area contributed by atoms with E-state index in [9.17, 15) is 16.8 Å². The number of sulfone groups is 2. The number of benzene rings is 1. The normalized spacial score (nSPS) is 23.1. The zero-order valence-corrected chi connectivity index (χ0v) is 16.7. The smallest absolute Gasteiger partial charge is 0.183 e. The molecule has 1 N–H and O–H groups in total. The SMILES string of the molecule is COc1ccc(S(=O)(=O)[C@@H]2CS(=O)(=O)C[C@H]2NCCN(C)C)cc1C. The van der Waals surface area contributed by atoms with Gasteiger partial charge in [-0.25, -0.2) is 16.8 Å². The van der Waals surface area contributed by atoms with Crippen LogP contribution in [0.15, 0.2) is 23.1 Å². The van der Waals surface area contributed by atoms with Gasteiger partial charge in [-0.05, 0) is 44.8 Å². The van der Waals surface area contributed by atoms with E-state index in [1.54, 1.807) is 13.0 Å². The summed E-state index contributed by atoms with van der Waals surface area (Å²) in [5, 5.41) is 2.13. The molecule has 0 aromatic heterocycles. The van der Waals surface area contributed by atoms with E-state index in [0.717, 1.165) is 0 Å². The first-order valence-corrected chi connectivity index (χ1v) is 11.4. The third kappa shape index (κ3) is 4.72. The maximum absolute atomic E-state index is 13.0. The number of hydrogen-bond donors (Lipinski definition) is 1. The van der Waals surface area contributed by atoms with Gasteiger partial charge in [0.1, 0.15) is 5.75 Å². The predicted octanol–water partition coefficient (Wildman–Crippen LogP) is 0.0941. The average molecular weight is 391 g/mol. The summed E-state index contributed by atoms with van der Waals surface area (Å²) in [7, 11) is -1.83. The van der Waals surface area contributed by atoms with Crippen LogP contribution < -0.4 is 10.1 Å². The Bertz CT molecular complexity index is 819. The van der Waals surface area contributed by atoms with Gasteiger partial charge in [0.25, 0.3) is 0 Å². The molecular weight excluding hydrogens is 364 g/mol. The van der Waals surface area contributed by atoms with Crippen molar-refractivity contribution in [2.24, 2.45) is 0 Å². The minimum absolute atomic E-state index is 0.132. The van der Waals surface area contributed by atoms with Gasteiger partial charge in [0.2, 0.25) is 0 Å². The minimum Gasteiger partial charge on any atom is -0.496 e. The van der Waals surface area contributed by atoms with Gasteiger partial charge in [0.05, 0.1) is 28.8 Å². The summed E-state index contributed by atoms with van der Waals surface area (Å²) in [6.07, 6.45) is 0. The number of nitrogens with one attached hydrogen (secondary N) is 1. The molecule has 0 amide bonds. The molecule has 1 saturated heterocycles. The Balaban J connectivity index is 2.29. The summed E-state index contributed by atoms with van der Waals surface area (Å²) < 4.78 is 55.3. The maximum Gasteiger partial charge on any atom is 0.183 e. The van der Waals surface area contributed by atoms with Gasteiger partial charge < -0.3 is 15.0 Å². The van der Waals surface area contributed by atoms with E-state index in [4.69, 9.17) is 4.74 Å². The molecule has 0 spiro atoms. The van der Waals surface area contributed by atoms with E-state index < -0.39 is 31.0 Å². The lowest BCUT2D eigenvalue weighted by molar-refractivity contribution is 0.388. The Morgan fingerprint density at radius 2 is 1.96 bits per heavy atom. The highest BCUT2D eigenvalue weighted by molar-refractivity contribution is 7.96. The zero-order chi connectivity index (χ0) is 18.8. The van der Waals surface area contributed by atoms with Gasteiger partial charge in [0, 0.05) is 19.1 Å². The topological polar surface area (TPSA) is 92.8 Å². The molecule has 0 unspecified atom stereocenters. The first kappa shape index (κ1) is 20.2. The highest BCUT2D eigenvalue weighted by Crippen LogP contribution is 2.29. The Kier molecular flexibility index (Phi) is 6.13. The second-order valence-corrected chi connectivity index (χ2v) is 11.0. The van der Waals surface area contributed by atoms with E-state index in [1.165, 1.54) is 19.2 Å². The molecule has 142 valence electrons. The molecule has 25 heavy (non-hydrogen) atoms. The van der Waals surface area contributed by atoms with E-state index in [0.29, 0.717) is 24.4 Å². The van der Waals surface area contributed by atoms with Crippen LogP contribution in [0.4, 0.5) is 0 Å². The summed E-state index contributed by atoms with van der Waals surface area (Å²) in [6.45, 7) is 2.99. The van der Waals surface area contributed by atoms with Crippen molar-refractivity contribution in [3.63, 3.8) is 0 Å². The molecule has 1 aromatic rings. The monoisotopic (exact) mass is 390 g/mol. The molecule has 1 aromatic carbocycles. The Hall–Kier alpha value is -1.16. The molecule has 1 aliphatic rings. The number of aryl methyl sites for hydroxylation is 1. The largest absolute Gasteiger partial charge is 0.496 e. The molecule has 1 aliphatic heterocycles. The first-order chi connectivity index (χ1) is 11.6. The van der Waals surface area contributed by atoms with Crippen LogP contribution in [-0.2, 0) is 19.7 Å². The second-order valence-electron chi connectivity index (χ2n) is 6.66. The third-order valence-corrected chi connectivity index (χ3v) is 8.51. The fourth-order valence-electron chi connectivity index (χ4n) is 2.99. The molecule has 2 rings (SSSR count). The fraction of sp³-hybridized carbons (Fsp3) is 0.625. The quantitative estimate of drug-likeness (QED) is 0.705. The molecule has 1 heterocycles. The first-order valence-electron chi connectivity index (χ1n) is 8.04. The molecule has 9 heteroatoms. The van der Waals surface area contributed by atoms with Gasteiger partial charge in [-0.15, -0.1) is 0 Å². The van der Waals surface area contributed by atoms with Crippen molar-refractivity contribution in [3.8, 4) is 5.75 Å². The van der Waals surface area contributed by atoms with Crippen LogP contribution >= 0.6 is 0 Å². The zero-order valence-electron chi connectivity index (χ0n) is 15.0. The van der Waals surface area contributed by atoms with E-state index in [1.807, 2.05) is 19.0 Å². The van der Waals surface area contributed by atoms with Gasteiger partial charge in [-0.2, -0.15) is 0 Å². The lowest BCUT2D eigenvalue weighted by Crippen LogP contribution is -2.45. The number of nitrogens with zero attached hydrogens (tertiary/aromatic N) is 1. The van der Waals surface area contributed by atoms with Crippen LogP contribution in [0.3, 0.4) is 0 Å². The van der Waals surface area contributed by atoms with Crippen molar-refractivity contribution in [2.45, 2.75) is 23.1 Å². The Morgan fingerprint density at radius 3 is 2.52 bits per heavy atom. The molecular formula is C16H26N2O5S2. The summed E-state index contributed by atoms with van der Waals surface area (Å²) in [6, 6.07) is 4.01. The lowest BCUT2D eigenvalue weighted by atomic mass is 10.2. The summed E-state index contributed by atoms with van der Waals surface area (Å²) in [4.78, 5) is 2.08. The van der Waals surface area contributed by atoms with E-state index in [2.05, 4.69) is 5.32 Å². The van der Waals surface area contributed by atoms with Crippen LogP contribution in [0.5, 0.6) is 5.75 Å². The Labute approximate surface area is 150 Å². The summed E-state index contributed by atoms with van der Waals surface area (Å²) in [5.74, 6) is 0.0955. The van der Waals surface area contributed by atoms with Crippen LogP contribution in [0, 0.1) is 6.92 Å². The van der Waals surface area contributed by atoms with Gasteiger partial charge in [0.15, 0.2) is 19.7 Å². The van der Waals surface area contributed by atoms with Crippen molar-refractivity contribution < 1.29 is 21.6 Å². The third-order valence-electron chi connectivity index (χ3n) is 4.36. The van der Waals surface area contributed by atoms with Crippen LogP contribution in [0.1, 0.15) is 5.56 Å². The number of methoxy groups -OCH3 is 1. The minimum atomic E-state index is -3.77. The molecule has 0 aliphatic carbocycles. The standard InChI is InChI=1S/C16H26N2O5S2/c1-12-9-13(5-6-15(12)23-4)25(21,22)16-11-24(19,20)10-14(16)17-7-8-18(2)3/h5-6,9,14,16-17H,7-8,10-11H2,1-4H3/t14-,16-/m1/s1. The highest BCUT2D eigenvalue weighted by atomic mass is 32.2. The fourth-order valence-corrected chi connectivity index (χ4v) is 7.79. The van der Waals surface area contributed by atoms with E-state index >= 15 is 0 Å². The van der Waals surface area contributed by atoms with Crippen molar-refractivity contribution in [2.75, 3.05) is 45.8 Å². The maximum atomic E-state index is 13.0. The van der Waals surface area contributed by atoms with Crippen LogP contribution in [-0.4, -0.2) is 78.8 Å². The van der Waals surface area contributed by atoms with Gasteiger partial charge in [-0.1, -0.05) is 0 Å². The number of rotatable bonds is 7. The van der Waals surface area contributed by atoms with Crippen molar-refractivity contribution in [3.05, 3.63) is 23.8 Å². The number of hydrogen-bond acceptors (Lipinski definition) is 7. The van der Waals surface area contributed by atoms with E-state index in [-0.39, 0.29) is 16.4 Å². The predicted molar refractivity (Wildman–Crippen MR) is 97.7 cm³/mol. The molecule has 1 fully saturated rings. The van der Waals surface area contributed by atoms with Crippen LogP contribution in [0.25, 0.3) is 0 Å². The molecule has 0 bridgehead atoms. The van der Waals surface area contributed by atoms with Crippen molar-refractivity contribution >= 4 is 19.7 Å².